The maximum Gasteiger partial charge on any atom is 0.258 e. The van der Waals surface area contributed by atoms with Crippen molar-refractivity contribution in [3.63, 3.8) is 0 Å². The molecule has 4 heteroatoms. The van der Waals surface area contributed by atoms with Crippen molar-refractivity contribution >= 4 is 22.5 Å². The smallest absolute Gasteiger partial charge is 0.258 e. The number of hydrogen-bond donors (Lipinski definition) is 1. The lowest BCUT2D eigenvalue weighted by molar-refractivity contribution is 0.0985. The minimum Gasteiger partial charge on any atom is -0.322 e. The lowest BCUT2D eigenvalue weighted by Gasteiger charge is -2.25. The molecule has 4 rings (SSSR count). The fraction of sp³-hybridized carbons (Fsp3) is 0.267. The van der Waals surface area contributed by atoms with Gasteiger partial charge in [0.15, 0.2) is 0 Å². The van der Waals surface area contributed by atoms with E-state index in [9.17, 15) is 9.59 Å². The first-order chi connectivity index (χ1) is 16.0. The van der Waals surface area contributed by atoms with Gasteiger partial charge in [0.2, 0.25) is 0 Å². The maximum absolute atomic E-state index is 13.7. The number of anilines is 1. The Kier molecular flexibility index (Phi) is 6.18. The summed E-state index contributed by atoms with van der Waals surface area (Å²) in [5, 5.41) is 0.946. The summed E-state index contributed by atoms with van der Waals surface area (Å²) in [6.45, 7) is 12.7. The average Bonchev–Trinajstić information content (AvgIpc) is 2.78. The number of amides is 1. The van der Waals surface area contributed by atoms with Crippen molar-refractivity contribution in [2.45, 2.75) is 53.5 Å². The SMILES string of the molecule is Cc1ccc2cc(CN(C(=O)c3ccc(C(C)(C)C)cc3)c3ccc(C)c(C)c3)c(=O)[nH]c2c1. The zero-order valence-corrected chi connectivity index (χ0v) is 20.8. The molecule has 0 spiro atoms. The first-order valence-electron chi connectivity index (χ1n) is 11.7. The molecule has 0 aliphatic heterocycles. The molecule has 4 nitrogen and oxygen atoms in total. The van der Waals surface area contributed by atoms with Crippen molar-refractivity contribution in [3.05, 3.63) is 110 Å². The van der Waals surface area contributed by atoms with Gasteiger partial charge < -0.3 is 9.88 Å². The zero-order valence-electron chi connectivity index (χ0n) is 20.8. The van der Waals surface area contributed by atoms with Gasteiger partial charge in [-0.2, -0.15) is 0 Å². The highest BCUT2D eigenvalue weighted by Crippen LogP contribution is 2.26. The van der Waals surface area contributed by atoms with Crippen molar-refractivity contribution in [1.29, 1.82) is 0 Å². The Morgan fingerprint density at radius 1 is 0.853 bits per heavy atom. The molecule has 0 bridgehead atoms. The summed E-state index contributed by atoms with van der Waals surface area (Å²) in [6.07, 6.45) is 0. The number of carbonyl (C=O) groups is 1. The Balaban J connectivity index is 1.77. The normalized spacial score (nSPS) is 11.6. The predicted molar refractivity (Wildman–Crippen MR) is 141 cm³/mol. The number of benzene rings is 3. The Bertz CT molecular complexity index is 1420. The van der Waals surface area contributed by atoms with Gasteiger partial charge in [-0.15, -0.1) is 0 Å². The Morgan fingerprint density at radius 2 is 1.56 bits per heavy atom. The first kappa shape index (κ1) is 23.5. The van der Waals surface area contributed by atoms with Crippen LogP contribution >= 0.6 is 0 Å². The summed E-state index contributed by atoms with van der Waals surface area (Å²) in [4.78, 5) is 31.4. The molecule has 0 saturated carbocycles. The third-order valence-corrected chi connectivity index (χ3v) is 6.45. The van der Waals surface area contributed by atoms with Crippen LogP contribution in [-0.2, 0) is 12.0 Å². The van der Waals surface area contributed by atoms with Crippen molar-refractivity contribution in [2.75, 3.05) is 4.90 Å². The van der Waals surface area contributed by atoms with Crippen LogP contribution in [0.3, 0.4) is 0 Å². The van der Waals surface area contributed by atoms with Gasteiger partial charge in [-0.3, -0.25) is 9.59 Å². The number of rotatable bonds is 4. The molecule has 0 atom stereocenters. The van der Waals surface area contributed by atoms with Crippen LogP contribution in [-0.4, -0.2) is 10.9 Å². The van der Waals surface area contributed by atoms with Crippen LogP contribution < -0.4 is 10.5 Å². The summed E-state index contributed by atoms with van der Waals surface area (Å²) in [5.41, 5.74) is 7.06. The third kappa shape index (κ3) is 4.81. The molecule has 34 heavy (non-hydrogen) atoms. The van der Waals surface area contributed by atoms with Crippen LogP contribution in [0.2, 0.25) is 0 Å². The quantitative estimate of drug-likeness (QED) is 0.379. The van der Waals surface area contributed by atoms with Gasteiger partial charge in [-0.1, -0.05) is 51.1 Å². The van der Waals surface area contributed by atoms with Crippen LogP contribution in [0.4, 0.5) is 5.69 Å². The molecule has 174 valence electrons. The second kappa shape index (κ2) is 8.94. The van der Waals surface area contributed by atoms with Crippen LogP contribution in [0.25, 0.3) is 10.9 Å². The van der Waals surface area contributed by atoms with Gasteiger partial charge in [0.25, 0.3) is 11.5 Å². The zero-order chi connectivity index (χ0) is 24.6. The second-order valence-corrected chi connectivity index (χ2v) is 10.2. The summed E-state index contributed by atoms with van der Waals surface area (Å²) in [7, 11) is 0. The highest BCUT2D eigenvalue weighted by molar-refractivity contribution is 6.06. The first-order valence-corrected chi connectivity index (χ1v) is 11.7. The number of hydrogen-bond acceptors (Lipinski definition) is 2. The van der Waals surface area contributed by atoms with Crippen LogP contribution in [0.15, 0.2) is 71.5 Å². The predicted octanol–water partition coefficient (Wildman–Crippen LogP) is 6.60. The molecule has 1 N–H and O–H groups in total. The molecule has 0 aliphatic carbocycles. The van der Waals surface area contributed by atoms with Crippen molar-refractivity contribution in [2.24, 2.45) is 0 Å². The van der Waals surface area contributed by atoms with Crippen molar-refractivity contribution in [3.8, 4) is 0 Å². The van der Waals surface area contributed by atoms with Crippen molar-refractivity contribution < 1.29 is 4.79 Å². The molecule has 1 heterocycles. The highest BCUT2D eigenvalue weighted by atomic mass is 16.2. The van der Waals surface area contributed by atoms with E-state index in [2.05, 4.69) is 25.8 Å². The van der Waals surface area contributed by atoms with Gasteiger partial charge in [0.1, 0.15) is 0 Å². The maximum atomic E-state index is 13.7. The number of nitrogens with one attached hydrogen (secondary N) is 1. The molecule has 0 fully saturated rings. The lowest BCUT2D eigenvalue weighted by atomic mass is 9.86. The molecule has 1 aromatic heterocycles. The molecule has 1 amide bonds. The Hall–Kier alpha value is -3.66. The highest BCUT2D eigenvalue weighted by Gasteiger charge is 2.21. The van der Waals surface area contributed by atoms with E-state index in [0.29, 0.717) is 11.1 Å². The van der Waals surface area contributed by atoms with Gasteiger partial charge in [-0.25, -0.2) is 0 Å². The third-order valence-electron chi connectivity index (χ3n) is 6.45. The summed E-state index contributed by atoms with van der Waals surface area (Å²) < 4.78 is 0. The molecule has 3 aromatic carbocycles. The standard InChI is InChI=1S/C30H32N2O2/c1-19-7-9-23-17-24(28(33)31-27(23)15-19)18-32(26-14-8-20(2)21(3)16-26)29(34)22-10-12-25(13-11-22)30(4,5)6/h7-17H,18H2,1-6H3,(H,31,33). The van der Waals surface area contributed by atoms with Crippen LogP contribution in [0, 0.1) is 20.8 Å². The number of pyridine rings is 1. The molecular weight excluding hydrogens is 420 g/mol. The lowest BCUT2D eigenvalue weighted by Crippen LogP contribution is -2.33. The summed E-state index contributed by atoms with van der Waals surface area (Å²) in [5.74, 6) is -0.132. The number of aromatic nitrogens is 1. The van der Waals surface area contributed by atoms with Gasteiger partial charge in [0.05, 0.1) is 6.54 Å². The largest absolute Gasteiger partial charge is 0.322 e. The van der Waals surface area contributed by atoms with Gasteiger partial charge in [-0.05, 0) is 90.2 Å². The second-order valence-electron chi connectivity index (χ2n) is 10.2. The van der Waals surface area contributed by atoms with E-state index in [4.69, 9.17) is 0 Å². The van der Waals surface area contributed by atoms with Gasteiger partial charge in [0, 0.05) is 22.3 Å². The van der Waals surface area contributed by atoms with Crippen LogP contribution in [0.5, 0.6) is 0 Å². The topological polar surface area (TPSA) is 53.2 Å². The van der Waals surface area contributed by atoms with E-state index in [-0.39, 0.29) is 23.4 Å². The number of carbonyl (C=O) groups excluding carboxylic acids is 1. The Morgan fingerprint density at radius 3 is 2.21 bits per heavy atom. The minimum atomic E-state index is -0.178. The number of H-pyrrole nitrogens is 1. The van der Waals surface area contributed by atoms with E-state index >= 15 is 0 Å². The van der Waals surface area contributed by atoms with Crippen LogP contribution in [0.1, 0.15) is 58.9 Å². The number of nitrogens with zero attached hydrogens (tertiary/aromatic N) is 1. The number of aromatic amines is 1. The molecular formula is C30H32N2O2. The summed E-state index contributed by atoms with van der Waals surface area (Å²) in [6, 6.07) is 21.6. The van der Waals surface area contributed by atoms with Gasteiger partial charge >= 0.3 is 0 Å². The average molecular weight is 453 g/mol. The fourth-order valence-electron chi connectivity index (χ4n) is 4.09. The molecule has 0 unspecified atom stereocenters. The summed E-state index contributed by atoms with van der Waals surface area (Å²) >= 11 is 0. The number of fused-ring (bicyclic) bond motifs is 1. The van der Waals surface area contributed by atoms with E-state index in [0.717, 1.165) is 33.3 Å². The monoisotopic (exact) mass is 452 g/mol. The molecule has 0 saturated heterocycles. The minimum absolute atomic E-state index is 0.00603. The molecule has 4 aromatic rings. The fourth-order valence-corrected chi connectivity index (χ4v) is 4.09. The number of aryl methyl sites for hydroxylation is 3. The van der Waals surface area contributed by atoms with Crippen molar-refractivity contribution in [1.82, 2.24) is 4.98 Å². The van der Waals surface area contributed by atoms with E-state index in [1.165, 1.54) is 5.56 Å². The van der Waals surface area contributed by atoms with E-state index in [1.54, 1.807) is 4.90 Å². The molecule has 0 aliphatic rings. The van der Waals surface area contributed by atoms with E-state index < -0.39 is 0 Å². The Labute approximate surface area is 201 Å². The van der Waals surface area contributed by atoms with E-state index in [1.807, 2.05) is 87.5 Å². The molecule has 0 radical (unpaired) electrons.